The lowest BCUT2D eigenvalue weighted by atomic mass is 10.0. The fraction of sp³-hybridized carbons (Fsp3) is 0.438. The smallest absolute Gasteiger partial charge is 0.130 e. The quantitative estimate of drug-likeness (QED) is 0.847. The predicted octanol–water partition coefficient (Wildman–Crippen LogP) is 3.46. The summed E-state index contributed by atoms with van der Waals surface area (Å²) >= 11 is 0. The topological polar surface area (TPSA) is 29.9 Å². The molecule has 21 heavy (non-hydrogen) atoms. The average Bonchev–Trinajstić information content (AvgIpc) is 2.91. The summed E-state index contributed by atoms with van der Waals surface area (Å²) in [6, 6.07) is 3.56. The molecule has 1 N–H and O–H groups in total. The van der Waals surface area contributed by atoms with Gasteiger partial charge < -0.3 is 9.88 Å². The molecule has 0 fully saturated rings. The van der Waals surface area contributed by atoms with E-state index in [2.05, 4.69) is 10.3 Å². The fourth-order valence-electron chi connectivity index (χ4n) is 2.44. The SMILES string of the molecule is CCCNC(Cc1nccn1CC)c1c(F)cccc1F. The Morgan fingerprint density at radius 2 is 1.95 bits per heavy atom. The molecule has 0 radical (unpaired) electrons. The van der Waals surface area contributed by atoms with Crippen LogP contribution in [0.4, 0.5) is 8.78 Å². The van der Waals surface area contributed by atoms with Crippen molar-refractivity contribution in [1.29, 1.82) is 0 Å². The molecule has 0 bridgehead atoms. The van der Waals surface area contributed by atoms with E-state index in [4.69, 9.17) is 0 Å². The van der Waals surface area contributed by atoms with Crippen molar-refractivity contribution in [2.45, 2.75) is 39.3 Å². The van der Waals surface area contributed by atoms with E-state index in [-0.39, 0.29) is 5.56 Å². The summed E-state index contributed by atoms with van der Waals surface area (Å²) in [5.41, 5.74) is 0.0941. The zero-order chi connectivity index (χ0) is 15.2. The van der Waals surface area contributed by atoms with Crippen molar-refractivity contribution in [3.05, 3.63) is 53.6 Å². The maximum atomic E-state index is 14.0. The minimum atomic E-state index is -0.516. The fourth-order valence-corrected chi connectivity index (χ4v) is 2.44. The lowest BCUT2D eigenvalue weighted by Gasteiger charge is -2.20. The van der Waals surface area contributed by atoms with Crippen LogP contribution in [0, 0.1) is 11.6 Å². The van der Waals surface area contributed by atoms with Crippen molar-refractivity contribution < 1.29 is 8.78 Å². The van der Waals surface area contributed by atoms with Gasteiger partial charge in [-0.2, -0.15) is 0 Å². The van der Waals surface area contributed by atoms with Gasteiger partial charge in [-0.3, -0.25) is 0 Å². The number of hydrogen-bond donors (Lipinski definition) is 1. The molecule has 1 aromatic carbocycles. The third kappa shape index (κ3) is 3.67. The third-order valence-electron chi connectivity index (χ3n) is 3.52. The monoisotopic (exact) mass is 293 g/mol. The molecule has 2 rings (SSSR count). The molecule has 1 unspecified atom stereocenters. The minimum Gasteiger partial charge on any atom is -0.335 e. The standard InChI is InChI=1S/C16H21F2N3/c1-3-8-19-14(11-15-20-9-10-21(15)4-2)16-12(17)6-5-7-13(16)18/h5-7,9-10,14,19H,3-4,8,11H2,1-2H3. The number of nitrogens with one attached hydrogen (secondary N) is 1. The first-order valence-corrected chi connectivity index (χ1v) is 7.34. The van der Waals surface area contributed by atoms with Crippen molar-refractivity contribution in [3.63, 3.8) is 0 Å². The Balaban J connectivity index is 2.30. The van der Waals surface area contributed by atoms with Gasteiger partial charge in [-0.05, 0) is 32.0 Å². The van der Waals surface area contributed by atoms with Crippen molar-refractivity contribution in [1.82, 2.24) is 14.9 Å². The Kier molecular flexibility index (Phi) is 5.44. The molecule has 1 atom stereocenters. The second-order valence-electron chi connectivity index (χ2n) is 4.98. The van der Waals surface area contributed by atoms with Gasteiger partial charge in [0, 0.05) is 37.0 Å². The largest absolute Gasteiger partial charge is 0.335 e. The van der Waals surface area contributed by atoms with Crippen molar-refractivity contribution >= 4 is 0 Å². The van der Waals surface area contributed by atoms with Crippen LogP contribution in [-0.4, -0.2) is 16.1 Å². The Morgan fingerprint density at radius 1 is 1.24 bits per heavy atom. The molecular formula is C16H21F2N3. The lowest BCUT2D eigenvalue weighted by molar-refractivity contribution is 0.453. The molecule has 0 amide bonds. The van der Waals surface area contributed by atoms with Crippen LogP contribution >= 0.6 is 0 Å². The van der Waals surface area contributed by atoms with E-state index in [0.29, 0.717) is 13.0 Å². The normalized spacial score (nSPS) is 12.6. The van der Waals surface area contributed by atoms with Crippen molar-refractivity contribution in [2.24, 2.45) is 0 Å². The van der Waals surface area contributed by atoms with E-state index in [1.165, 1.54) is 18.2 Å². The van der Waals surface area contributed by atoms with Gasteiger partial charge >= 0.3 is 0 Å². The van der Waals surface area contributed by atoms with Crippen LogP contribution in [0.5, 0.6) is 0 Å². The molecular weight excluding hydrogens is 272 g/mol. The predicted molar refractivity (Wildman–Crippen MR) is 79.0 cm³/mol. The van der Waals surface area contributed by atoms with Gasteiger partial charge in [-0.15, -0.1) is 0 Å². The molecule has 0 aliphatic heterocycles. The highest BCUT2D eigenvalue weighted by atomic mass is 19.1. The minimum absolute atomic E-state index is 0.0941. The molecule has 0 saturated carbocycles. The van der Waals surface area contributed by atoms with E-state index in [1.807, 2.05) is 24.6 Å². The number of rotatable bonds is 7. The average molecular weight is 293 g/mol. The van der Waals surface area contributed by atoms with Crippen LogP contribution in [0.3, 0.4) is 0 Å². The second kappa shape index (κ2) is 7.31. The van der Waals surface area contributed by atoms with Crippen LogP contribution in [0.2, 0.25) is 0 Å². The molecule has 0 spiro atoms. The maximum Gasteiger partial charge on any atom is 0.130 e. The van der Waals surface area contributed by atoms with Crippen LogP contribution in [0.1, 0.15) is 37.7 Å². The van der Waals surface area contributed by atoms with Crippen molar-refractivity contribution in [2.75, 3.05) is 6.54 Å². The number of aryl methyl sites for hydroxylation is 1. The number of imidazole rings is 1. The van der Waals surface area contributed by atoms with Gasteiger partial charge in [-0.25, -0.2) is 13.8 Å². The van der Waals surface area contributed by atoms with Crippen LogP contribution in [0.15, 0.2) is 30.6 Å². The molecule has 3 nitrogen and oxygen atoms in total. The molecule has 1 heterocycles. The number of aromatic nitrogens is 2. The lowest BCUT2D eigenvalue weighted by Crippen LogP contribution is -2.27. The zero-order valence-electron chi connectivity index (χ0n) is 12.4. The highest BCUT2D eigenvalue weighted by molar-refractivity contribution is 5.24. The summed E-state index contributed by atoms with van der Waals surface area (Å²) in [5, 5.41) is 3.22. The van der Waals surface area contributed by atoms with Crippen molar-refractivity contribution in [3.8, 4) is 0 Å². The second-order valence-corrected chi connectivity index (χ2v) is 4.98. The molecule has 2 aromatic rings. The molecule has 5 heteroatoms. The Labute approximate surface area is 124 Å². The van der Waals surface area contributed by atoms with Gasteiger partial charge in [0.15, 0.2) is 0 Å². The summed E-state index contributed by atoms with van der Waals surface area (Å²) in [4.78, 5) is 4.30. The summed E-state index contributed by atoms with van der Waals surface area (Å²) in [7, 11) is 0. The first kappa shape index (κ1) is 15.6. The number of nitrogens with zero attached hydrogens (tertiary/aromatic N) is 2. The summed E-state index contributed by atoms with van der Waals surface area (Å²) in [5.74, 6) is -0.204. The van der Waals surface area contributed by atoms with Crippen LogP contribution < -0.4 is 5.32 Å². The van der Waals surface area contributed by atoms with Gasteiger partial charge in [0.05, 0.1) is 0 Å². The van der Waals surface area contributed by atoms with Gasteiger partial charge in [0.2, 0.25) is 0 Å². The highest BCUT2D eigenvalue weighted by Crippen LogP contribution is 2.24. The van der Waals surface area contributed by atoms with Gasteiger partial charge in [0.25, 0.3) is 0 Å². The molecule has 1 aromatic heterocycles. The van der Waals surface area contributed by atoms with E-state index in [0.717, 1.165) is 18.8 Å². The first-order chi connectivity index (χ1) is 10.2. The Bertz CT molecular complexity index is 560. The number of benzene rings is 1. The van der Waals surface area contributed by atoms with E-state index in [9.17, 15) is 8.78 Å². The van der Waals surface area contributed by atoms with E-state index < -0.39 is 17.7 Å². The molecule has 0 aliphatic rings. The number of halogens is 2. The zero-order valence-corrected chi connectivity index (χ0v) is 12.4. The Morgan fingerprint density at radius 3 is 2.57 bits per heavy atom. The first-order valence-electron chi connectivity index (χ1n) is 7.34. The maximum absolute atomic E-state index is 14.0. The van der Waals surface area contributed by atoms with Gasteiger partial charge in [-0.1, -0.05) is 13.0 Å². The highest BCUT2D eigenvalue weighted by Gasteiger charge is 2.21. The summed E-state index contributed by atoms with van der Waals surface area (Å²) < 4.78 is 30.0. The van der Waals surface area contributed by atoms with Gasteiger partial charge in [0.1, 0.15) is 17.5 Å². The third-order valence-corrected chi connectivity index (χ3v) is 3.52. The van der Waals surface area contributed by atoms with E-state index in [1.54, 1.807) is 6.20 Å². The number of hydrogen-bond acceptors (Lipinski definition) is 2. The molecule has 0 aliphatic carbocycles. The summed E-state index contributed by atoms with van der Waals surface area (Å²) in [6.07, 6.45) is 4.95. The summed E-state index contributed by atoms with van der Waals surface area (Å²) in [6.45, 7) is 5.53. The van der Waals surface area contributed by atoms with Crippen LogP contribution in [-0.2, 0) is 13.0 Å². The van der Waals surface area contributed by atoms with E-state index >= 15 is 0 Å². The Hall–Kier alpha value is -1.75. The van der Waals surface area contributed by atoms with Crippen LogP contribution in [0.25, 0.3) is 0 Å². The molecule has 114 valence electrons. The molecule has 0 saturated heterocycles.